The Morgan fingerprint density at radius 1 is 1.07 bits per heavy atom. The summed E-state index contributed by atoms with van der Waals surface area (Å²) in [5.74, 6) is 0.803. The van der Waals surface area contributed by atoms with Crippen LogP contribution in [-0.2, 0) is 14.3 Å². The third kappa shape index (κ3) is 5.80. The predicted molar refractivity (Wildman–Crippen MR) is 159 cm³/mol. The number of hydrogen-bond acceptors (Lipinski definition) is 6. The van der Waals surface area contributed by atoms with E-state index in [-0.39, 0.29) is 42.0 Å². The van der Waals surface area contributed by atoms with Crippen LogP contribution in [-0.4, -0.2) is 62.9 Å². The molecule has 8 heteroatoms. The number of amides is 2. The van der Waals surface area contributed by atoms with E-state index in [1.807, 2.05) is 35.2 Å². The molecular weight excluding hydrogens is 518 g/mol. The third-order valence-electron chi connectivity index (χ3n) is 8.36. The molecule has 0 radical (unpaired) electrons. The second-order valence-electron chi connectivity index (χ2n) is 11.1. The van der Waals surface area contributed by atoms with E-state index in [9.17, 15) is 14.7 Å². The molecule has 2 heterocycles. The van der Waals surface area contributed by atoms with Crippen molar-refractivity contribution in [3.05, 3.63) is 72.3 Å². The molecule has 3 aromatic rings. The molecule has 1 unspecified atom stereocenters. The van der Waals surface area contributed by atoms with Gasteiger partial charge in [0.15, 0.2) is 6.61 Å². The second-order valence-corrected chi connectivity index (χ2v) is 11.1. The van der Waals surface area contributed by atoms with Gasteiger partial charge in [0.1, 0.15) is 11.5 Å². The van der Waals surface area contributed by atoms with Crippen LogP contribution < -0.4 is 19.9 Å². The topological polar surface area (TPSA) is 91.3 Å². The number of rotatable bonds is 9. The molecule has 2 N–H and O–H groups in total. The fourth-order valence-corrected chi connectivity index (χ4v) is 6.10. The van der Waals surface area contributed by atoms with Gasteiger partial charge in [-0.25, -0.2) is 0 Å². The summed E-state index contributed by atoms with van der Waals surface area (Å²) in [6.45, 7) is 2.59. The zero-order valence-corrected chi connectivity index (χ0v) is 23.4. The summed E-state index contributed by atoms with van der Waals surface area (Å²) in [5.41, 5.74) is 4.78. The van der Waals surface area contributed by atoms with Crippen molar-refractivity contribution in [1.82, 2.24) is 5.32 Å². The van der Waals surface area contributed by atoms with Gasteiger partial charge >= 0.3 is 0 Å². The Hall–Kier alpha value is -3.88. The average Bonchev–Trinajstić information content (AvgIpc) is 3.84. The Kier molecular flexibility index (Phi) is 7.94. The monoisotopic (exact) mass is 555 g/mol. The molecule has 2 atom stereocenters. The Balaban J connectivity index is 1.29. The molecule has 1 aliphatic carbocycles. The summed E-state index contributed by atoms with van der Waals surface area (Å²) in [6.07, 6.45) is 3.53. The summed E-state index contributed by atoms with van der Waals surface area (Å²) < 4.78 is 10.9. The minimum atomic E-state index is -0.217. The van der Waals surface area contributed by atoms with Gasteiger partial charge in [0.2, 0.25) is 5.91 Å². The largest absolute Gasteiger partial charge is 0.508 e. The number of methoxy groups -OCH3 is 1. The molecule has 41 heavy (non-hydrogen) atoms. The molecule has 6 rings (SSSR count). The van der Waals surface area contributed by atoms with Crippen LogP contribution in [0.25, 0.3) is 11.1 Å². The highest BCUT2D eigenvalue weighted by Crippen LogP contribution is 2.42. The molecule has 2 amide bonds. The van der Waals surface area contributed by atoms with Gasteiger partial charge < -0.3 is 29.7 Å². The van der Waals surface area contributed by atoms with Crippen LogP contribution >= 0.6 is 0 Å². The number of nitrogens with one attached hydrogen (secondary N) is 1. The first kappa shape index (κ1) is 27.3. The number of benzene rings is 3. The van der Waals surface area contributed by atoms with E-state index in [0.717, 1.165) is 54.6 Å². The smallest absolute Gasteiger partial charge is 0.265 e. The van der Waals surface area contributed by atoms with E-state index in [2.05, 4.69) is 29.6 Å². The highest BCUT2D eigenvalue weighted by Gasteiger charge is 2.41. The van der Waals surface area contributed by atoms with Crippen molar-refractivity contribution in [2.24, 2.45) is 5.92 Å². The van der Waals surface area contributed by atoms with E-state index in [1.54, 1.807) is 24.1 Å². The van der Waals surface area contributed by atoms with Gasteiger partial charge in [-0.1, -0.05) is 36.4 Å². The molecule has 0 bridgehead atoms. The van der Waals surface area contributed by atoms with Crippen LogP contribution in [0, 0.1) is 5.92 Å². The fraction of sp³-hybridized carbons (Fsp3) is 0.394. The van der Waals surface area contributed by atoms with Crippen molar-refractivity contribution in [2.45, 2.75) is 37.6 Å². The lowest BCUT2D eigenvalue weighted by molar-refractivity contribution is -0.123. The molecule has 2 aliphatic heterocycles. The van der Waals surface area contributed by atoms with Crippen LogP contribution in [0.4, 0.5) is 11.4 Å². The molecule has 8 nitrogen and oxygen atoms in total. The maximum absolute atomic E-state index is 14.4. The highest BCUT2D eigenvalue weighted by atomic mass is 16.5. The third-order valence-corrected chi connectivity index (χ3v) is 8.36. The Bertz CT molecular complexity index is 1400. The molecule has 2 fully saturated rings. The highest BCUT2D eigenvalue weighted by molar-refractivity contribution is 6.01. The van der Waals surface area contributed by atoms with E-state index in [4.69, 9.17) is 9.47 Å². The van der Waals surface area contributed by atoms with Gasteiger partial charge in [0, 0.05) is 38.5 Å². The van der Waals surface area contributed by atoms with E-state index >= 15 is 0 Å². The number of carbonyl (C=O) groups is 2. The SMILES string of the molecule is COCCCN1C(=O)COc2ccc(N(C(=O)C3CNCC[C@@H]3c3cccc(-c4ccc(O)cc4)c3)C3CC3)cc21. The first-order chi connectivity index (χ1) is 20.0. The molecule has 1 saturated heterocycles. The standard InChI is InChI=1S/C33H37N3O5/c1-40-17-3-16-35-30-19-26(10-13-31(30)41-21-32(35)38)36(25-8-9-25)33(39)29-20-34-15-14-28(29)24-5-2-4-23(18-24)22-6-11-27(37)12-7-22/h2,4-7,10-13,18-19,25,28-29,34,37H,3,8-9,14-17,20-21H2,1H3/t28-,29?/m1/s1. The summed E-state index contributed by atoms with van der Waals surface area (Å²) in [7, 11) is 1.66. The number of fused-ring (bicyclic) bond motifs is 1. The maximum atomic E-state index is 14.4. The molecule has 214 valence electrons. The van der Waals surface area contributed by atoms with Gasteiger partial charge in [-0.2, -0.15) is 0 Å². The van der Waals surface area contributed by atoms with Crippen molar-refractivity contribution in [3.8, 4) is 22.6 Å². The van der Waals surface area contributed by atoms with Crippen molar-refractivity contribution in [2.75, 3.05) is 49.8 Å². The summed E-state index contributed by atoms with van der Waals surface area (Å²) >= 11 is 0. The van der Waals surface area contributed by atoms with Crippen molar-refractivity contribution in [3.63, 3.8) is 0 Å². The van der Waals surface area contributed by atoms with Gasteiger partial charge in [-0.15, -0.1) is 0 Å². The quantitative estimate of drug-likeness (QED) is 0.372. The van der Waals surface area contributed by atoms with Crippen molar-refractivity contribution < 1.29 is 24.2 Å². The Labute approximate surface area is 240 Å². The van der Waals surface area contributed by atoms with E-state index < -0.39 is 0 Å². The zero-order chi connectivity index (χ0) is 28.3. The number of piperidine rings is 1. The van der Waals surface area contributed by atoms with E-state index in [0.29, 0.717) is 31.1 Å². The number of phenolic OH excluding ortho intramolecular Hbond substituents is 1. The molecule has 3 aromatic carbocycles. The first-order valence-electron chi connectivity index (χ1n) is 14.5. The van der Waals surface area contributed by atoms with Crippen molar-refractivity contribution in [1.29, 1.82) is 0 Å². The molecule has 3 aliphatic rings. The maximum Gasteiger partial charge on any atom is 0.265 e. The fourth-order valence-electron chi connectivity index (χ4n) is 6.10. The van der Waals surface area contributed by atoms with Crippen molar-refractivity contribution >= 4 is 23.2 Å². The second kappa shape index (κ2) is 11.9. The van der Waals surface area contributed by atoms with Gasteiger partial charge in [0.05, 0.1) is 11.6 Å². The van der Waals surface area contributed by atoms with Crippen LogP contribution in [0.15, 0.2) is 66.7 Å². The van der Waals surface area contributed by atoms with Crippen LogP contribution in [0.5, 0.6) is 11.5 Å². The summed E-state index contributed by atoms with van der Waals surface area (Å²) in [4.78, 5) is 30.9. The minimum Gasteiger partial charge on any atom is -0.508 e. The predicted octanol–water partition coefficient (Wildman–Crippen LogP) is 4.71. The molecule has 0 aromatic heterocycles. The first-order valence-corrected chi connectivity index (χ1v) is 14.5. The van der Waals surface area contributed by atoms with Crippen LogP contribution in [0.3, 0.4) is 0 Å². The van der Waals surface area contributed by atoms with Crippen LogP contribution in [0.1, 0.15) is 37.2 Å². The van der Waals surface area contributed by atoms with Gasteiger partial charge in [0.25, 0.3) is 5.91 Å². The van der Waals surface area contributed by atoms with E-state index in [1.165, 1.54) is 0 Å². The number of aromatic hydroxyl groups is 1. The zero-order valence-electron chi connectivity index (χ0n) is 23.4. The number of nitrogens with zero attached hydrogens (tertiary/aromatic N) is 2. The lowest BCUT2D eigenvalue weighted by Crippen LogP contribution is -2.47. The number of carbonyl (C=O) groups excluding carboxylic acids is 2. The van der Waals surface area contributed by atoms with Gasteiger partial charge in [-0.05, 0) is 85.2 Å². The minimum absolute atomic E-state index is 0.0171. The number of hydrogen-bond donors (Lipinski definition) is 2. The van der Waals surface area contributed by atoms with Crippen LogP contribution in [0.2, 0.25) is 0 Å². The average molecular weight is 556 g/mol. The summed E-state index contributed by atoms with van der Waals surface area (Å²) in [6, 6.07) is 21.6. The Morgan fingerprint density at radius 2 is 1.90 bits per heavy atom. The molecular formula is C33H37N3O5. The number of phenols is 1. The normalized spacial score (nSPS) is 20.3. The Morgan fingerprint density at radius 3 is 2.68 bits per heavy atom. The lowest BCUT2D eigenvalue weighted by atomic mass is 9.79. The number of ether oxygens (including phenoxy) is 2. The lowest BCUT2D eigenvalue weighted by Gasteiger charge is -2.36. The molecule has 0 spiro atoms. The molecule has 1 saturated carbocycles. The van der Waals surface area contributed by atoms with Gasteiger partial charge in [-0.3, -0.25) is 9.59 Å². The summed E-state index contributed by atoms with van der Waals surface area (Å²) in [5, 5.41) is 13.2. The number of anilines is 2.